The van der Waals surface area contributed by atoms with E-state index in [-0.39, 0.29) is 11.9 Å². The Kier molecular flexibility index (Phi) is 6.48. The van der Waals surface area contributed by atoms with Crippen molar-refractivity contribution in [1.29, 1.82) is 0 Å². The van der Waals surface area contributed by atoms with Gasteiger partial charge in [0.2, 0.25) is 0 Å². The van der Waals surface area contributed by atoms with Crippen molar-refractivity contribution in [1.82, 2.24) is 10.2 Å². The van der Waals surface area contributed by atoms with Gasteiger partial charge in [-0.2, -0.15) is 13.2 Å². The van der Waals surface area contributed by atoms with Crippen LogP contribution in [0.1, 0.15) is 22.8 Å². The zero-order chi connectivity index (χ0) is 22.7. The summed E-state index contributed by atoms with van der Waals surface area (Å²) in [5, 5.41) is 4.78. The first-order valence-corrected chi connectivity index (χ1v) is 10.6. The summed E-state index contributed by atoms with van der Waals surface area (Å²) >= 11 is 0. The maximum atomic E-state index is 12.9. The zero-order valence-electron chi connectivity index (χ0n) is 17.8. The fourth-order valence-corrected chi connectivity index (χ4v) is 4.04. The minimum Gasteiger partial charge on any atom is -0.379 e. The Bertz CT molecular complexity index is 1090. The Labute approximate surface area is 185 Å². The van der Waals surface area contributed by atoms with Gasteiger partial charge in [-0.15, -0.1) is 0 Å². The number of hydrogen-bond acceptors (Lipinski definition) is 3. The summed E-state index contributed by atoms with van der Waals surface area (Å²) in [6.45, 7) is 5.91. The predicted octanol–water partition coefficient (Wildman–Crippen LogP) is 4.98. The maximum Gasteiger partial charge on any atom is 0.416 e. The Morgan fingerprint density at radius 1 is 1.06 bits per heavy atom. The molecule has 1 unspecified atom stereocenters. The summed E-state index contributed by atoms with van der Waals surface area (Å²) in [6, 6.07) is 16.2. The smallest absolute Gasteiger partial charge is 0.379 e. The first kappa shape index (κ1) is 22.3. The van der Waals surface area contributed by atoms with Crippen LogP contribution in [0.4, 0.5) is 13.2 Å². The number of ether oxygens (including phenoxy) is 1. The molecule has 4 rings (SSSR count). The van der Waals surface area contributed by atoms with Crippen LogP contribution in [0.25, 0.3) is 21.9 Å². The number of nitrogens with one attached hydrogen (secondary N) is 1. The van der Waals surface area contributed by atoms with E-state index in [2.05, 4.69) is 10.2 Å². The van der Waals surface area contributed by atoms with E-state index in [4.69, 9.17) is 4.74 Å². The highest BCUT2D eigenvalue weighted by Gasteiger charge is 2.30. The first-order chi connectivity index (χ1) is 15.3. The van der Waals surface area contributed by atoms with Crippen LogP contribution in [-0.4, -0.2) is 49.7 Å². The van der Waals surface area contributed by atoms with Gasteiger partial charge in [0.05, 0.1) is 18.8 Å². The number of nitrogens with zero attached hydrogens (tertiary/aromatic N) is 1. The standard InChI is InChI=1S/C25H25F3N2O2/c1-17(16-30-11-13-32-14-12-30)29-24(31)20-7-10-23-19(15-20)3-2-4-22(23)18-5-8-21(9-6-18)25(26,27)28/h2-10,15,17H,11-14,16H2,1H3,(H,29,31). The third kappa shape index (κ3) is 5.11. The fourth-order valence-electron chi connectivity index (χ4n) is 4.04. The largest absolute Gasteiger partial charge is 0.416 e. The average molecular weight is 442 g/mol. The van der Waals surface area contributed by atoms with E-state index in [9.17, 15) is 18.0 Å². The molecular formula is C25H25F3N2O2. The van der Waals surface area contributed by atoms with E-state index >= 15 is 0 Å². The molecule has 0 saturated carbocycles. The molecule has 32 heavy (non-hydrogen) atoms. The highest BCUT2D eigenvalue weighted by Crippen LogP contribution is 2.33. The van der Waals surface area contributed by atoms with Crippen LogP contribution in [0, 0.1) is 0 Å². The second-order valence-electron chi connectivity index (χ2n) is 8.10. The monoisotopic (exact) mass is 442 g/mol. The minimum absolute atomic E-state index is 0.00483. The molecule has 0 spiro atoms. The number of rotatable bonds is 5. The van der Waals surface area contributed by atoms with Gasteiger partial charge in [-0.25, -0.2) is 0 Å². The van der Waals surface area contributed by atoms with Gasteiger partial charge in [-0.3, -0.25) is 9.69 Å². The number of benzene rings is 3. The summed E-state index contributed by atoms with van der Waals surface area (Å²) in [4.78, 5) is 15.0. The van der Waals surface area contributed by atoms with Crippen LogP contribution in [0.15, 0.2) is 60.7 Å². The van der Waals surface area contributed by atoms with Crippen LogP contribution >= 0.6 is 0 Å². The fraction of sp³-hybridized carbons (Fsp3) is 0.320. The van der Waals surface area contributed by atoms with Crippen LogP contribution in [-0.2, 0) is 10.9 Å². The zero-order valence-corrected chi connectivity index (χ0v) is 17.8. The predicted molar refractivity (Wildman–Crippen MR) is 119 cm³/mol. The van der Waals surface area contributed by atoms with E-state index in [1.807, 2.05) is 37.3 Å². The molecule has 1 atom stereocenters. The highest BCUT2D eigenvalue weighted by molar-refractivity contribution is 6.02. The second-order valence-corrected chi connectivity index (χ2v) is 8.10. The third-order valence-corrected chi connectivity index (χ3v) is 5.68. The second kappa shape index (κ2) is 9.30. The molecule has 0 radical (unpaired) electrons. The van der Waals surface area contributed by atoms with E-state index in [0.29, 0.717) is 24.3 Å². The summed E-state index contributed by atoms with van der Waals surface area (Å²) in [7, 11) is 0. The van der Waals surface area contributed by atoms with E-state index in [1.165, 1.54) is 12.1 Å². The first-order valence-electron chi connectivity index (χ1n) is 10.6. The van der Waals surface area contributed by atoms with Gasteiger partial charge in [0.15, 0.2) is 0 Å². The molecule has 1 aliphatic rings. The van der Waals surface area contributed by atoms with E-state index in [0.717, 1.165) is 48.1 Å². The number of halogens is 3. The summed E-state index contributed by atoms with van der Waals surface area (Å²) < 4.78 is 44.0. The quantitative estimate of drug-likeness (QED) is 0.606. The SMILES string of the molecule is CC(CN1CCOCC1)NC(=O)c1ccc2c(-c3ccc(C(F)(F)F)cc3)cccc2c1. The Balaban J connectivity index is 1.51. The average Bonchev–Trinajstić information content (AvgIpc) is 2.78. The van der Waals surface area contributed by atoms with Crippen molar-refractivity contribution in [3.63, 3.8) is 0 Å². The molecule has 3 aromatic rings. The normalized spacial score (nSPS) is 16.1. The van der Waals surface area contributed by atoms with Gasteiger partial charge in [0, 0.05) is 31.2 Å². The number of hydrogen-bond donors (Lipinski definition) is 1. The minimum atomic E-state index is -4.36. The van der Waals surface area contributed by atoms with Gasteiger partial charge in [0.25, 0.3) is 5.91 Å². The molecule has 1 aliphatic heterocycles. The molecule has 168 valence electrons. The highest BCUT2D eigenvalue weighted by atomic mass is 19.4. The lowest BCUT2D eigenvalue weighted by Gasteiger charge is -2.29. The number of carbonyl (C=O) groups is 1. The van der Waals surface area contributed by atoms with Crippen LogP contribution in [0.5, 0.6) is 0 Å². The van der Waals surface area contributed by atoms with E-state index < -0.39 is 11.7 Å². The van der Waals surface area contributed by atoms with Crippen molar-refractivity contribution in [2.45, 2.75) is 19.1 Å². The molecule has 1 saturated heterocycles. The summed E-state index contributed by atoms with van der Waals surface area (Å²) in [5.41, 5.74) is 1.39. The maximum absolute atomic E-state index is 12.9. The van der Waals surface area contributed by atoms with Gasteiger partial charge in [-0.1, -0.05) is 36.4 Å². The number of fused-ring (bicyclic) bond motifs is 1. The van der Waals surface area contributed by atoms with Crippen molar-refractivity contribution in [2.24, 2.45) is 0 Å². The Morgan fingerprint density at radius 2 is 1.78 bits per heavy atom. The molecular weight excluding hydrogens is 417 g/mol. The van der Waals surface area contributed by atoms with Crippen molar-refractivity contribution in [3.8, 4) is 11.1 Å². The molecule has 3 aromatic carbocycles. The molecule has 7 heteroatoms. The Hall–Kier alpha value is -2.90. The van der Waals surface area contributed by atoms with Crippen molar-refractivity contribution in [3.05, 3.63) is 71.8 Å². The molecule has 0 aromatic heterocycles. The molecule has 0 bridgehead atoms. The summed E-state index contributed by atoms with van der Waals surface area (Å²) in [6.07, 6.45) is -4.36. The molecule has 1 fully saturated rings. The Morgan fingerprint density at radius 3 is 2.47 bits per heavy atom. The van der Waals surface area contributed by atoms with Gasteiger partial charge in [-0.05, 0) is 53.1 Å². The van der Waals surface area contributed by atoms with Gasteiger partial charge >= 0.3 is 6.18 Å². The summed E-state index contributed by atoms with van der Waals surface area (Å²) in [5.74, 6) is -0.146. The molecule has 1 heterocycles. The molecule has 1 N–H and O–H groups in total. The topological polar surface area (TPSA) is 41.6 Å². The van der Waals surface area contributed by atoms with Crippen LogP contribution in [0.3, 0.4) is 0 Å². The van der Waals surface area contributed by atoms with Crippen molar-refractivity contribution >= 4 is 16.7 Å². The molecule has 0 aliphatic carbocycles. The van der Waals surface area contributed by atoms with E-state index in [1.54, 1.807) is 6.07 Å². The number of alkyl halides is 3. The molecule has 1 amide bonds. The van der Waals surface area contributed by atoms with Crippen LogP contribution < -0.4 is 5.32 Å². The van der Waals surface area contributed by atoms with Crippen molar-refractivity contribution < 1.29 is 22.7 Å². The number of morpholine rings is 1. The lowest BCUT2D eigenvalue weighted by atomic mass is 9.96. The van der Waals surface area contributed by atoms with Crippen LogP contribution in [0.2, 0.25) is 0 Å². The lowest BCUT2D eigenvalue weighted by Crippen LogP contribution is -2.46. The number of carbonyl (C=O) groups excluding carboxylic acids is 1. The molecule has 4 nitrogen and oxygen atoms in total. The van der Waals surface area contributed by atoms with Crippen molar-refractivity contribution in [2.75, 3.05) is 32.8 Å². The number of amides is 1. The third-order valence-electron chi connectivity index (χ3n) is 5.68. The van der Waals surface area contributed by atoms with Gasteiger partial charge in [0.1, 0.15) is 0 Å². The van der Waals surface area contributed by atoms with Gasteiger partial charge < -0.3 is 10.1 Å². The lowest BCUT2D eigenvalue weighted by molar-refractivity contribution is -0.137.